The van der Waals surface area contributed by atoms with Crippen molar-refractivity contribution in [2.75, 3.05) is 19.5 Å². The topological polar surface area (TPSA) is 122 Å². The molecule has 47 heavy (non-hydrogen) atoms. The Bertz CT molecular complexity index is 1790. The maximum atomic E-state index is 13.6. The molecule has 3 aromatic carbocycles. The van der Waals surface area contributed by atoms with Crippen molar-refractivity contribution in [2.45, 2.75) is 48.8 Å². The van der Waals surface area contributed by atoms with Crippen LogP contribution in [0, 0.1) is 0 Å². The predicted molar refractivity (Wildman–Crippen MR) is 161 cm³/mol. The first kappa shape index (κ1) is 31.0. The summed E-state index contributed by atoms with van der Waals surface area (Å²) in [6, 6.07) is 27.3. The summed E-state index contributed by atoms with van der Waals surface area (Å²) >= 11 is 0. The normalized spacial score (nSPS) is 23.5. The van der Waals surface area contributed by atoms with E-state index in [1.54, 1.807) is 7.11 Å². The average Bonchev–Trinajstić information content (AvgIpc) is 3.81. The molecule has 2 aliphatic rings. The van der Waals surface area contributed by atoms with Gasteiger partial charge in [0.15, 0.2) is 29.3 Å². The van der Waals surface area contributed by atoms with Crippen molar-refractivity contribution in [3.63, 3.8) is 0 Å². The van der Waals surface area contributed by atoms with Crippen LogP contribution in [0.25, 0.3) is 11.2 Å². The summed E-state index contributed by atoms with van der Waals surface area (Å²) in [5.41, 5.74) is 2.24. The van der Waals surface area contributed by atoms with Gasteiger partial charge in [0.2, 0.25) is 0 Å². The van der Waals surface area contributed by atoms with Crippen LogP contribution >= 0.6 is 0 Å². The summed E-state index contributed by atoms with van der Waals surface area (Å²) in [7, 11) is 2.90. The van der Waals surface area contributed by atoms with Crippen molar-refractivity contribution in [3.05, 3.63) is 114 Å². The van der Waals surface area contributed by atoms with Crippen molar-refractivity contribution < 1.29 is 42.0 Å². The van der Waals surface area contributed by atoms with Gasteiger partial charge in [-0.1, -0.05) is 72.8 Å². The molecule has 14 heteroatoms. The number of aromatic nitrogens is 4. The molecule has 0 radical (unpaired) electrons. The number of nitrogens with zero attached hydrogens (tertiary/aromatic N) is 4. The number of nitrogens with one attached hydrogen (secondary N) is 1. The van der Waals surface area contributed by atoms with Gasteiger partial charge in [-0.25, -0.2) is 15.0 Å². The van der Waals surface area contributed by atoms with E-state index in [1.807, 2.05) is 84.9 Å². The number of hydrogen-bond acceptors (Lipinski definition) is 10. The highest BCUT2D eigenvalue weighted by Crippen LogP contribution is 2.45. The molecule has 2 saturated heterocycles. The van der Waals surface area contributed by atoms with Crippen molar-refractivity contribution in [2.24, 2.45) is 0 Å². The summed E-state index contributed by atoms with van der Waals surface area (Å²) < 4.78 is 69.9. The van der Waals surface area contributed by atoms with Gasteiger partial charge in [-0.3, -0.25) is 4.57 Å². The average molecular weight is 650 g/mol. The van der Waals surface area contributed by atoms with Crippen LogP contribution in [0.2, 0.25) is 0 Å². The van der Waals surface area contributed by atoms with Crippen LogP contribution in [-0.4, -0.2) is 75.9 Å². The molecule has 2 aliphatic heterocycles. The van der Waals surface area contributed by atoms with E-state index in [2.05, 4.69) is 20.3 Å². The molecule has 1 unspecified atom stereocenters. The Kier molecular flexibility index (Phi) is 8.06. The van der Waals surface area contributed by atoms with Gasteiger partial charge < -0.3 is 34.1 Å². The van der Waals surface area contributed by atoms with Crippen LogP contribution in [0.5, 0.6) is 5.75 Å². The second-order valence-electron chi connectivity index (χ2n) is 11.1. The molecule has 0 saturated carbocycles. The smallest absolute Gasteiger partial charge is 0.417 e. The van der Waals surface area contributed by atoms with Gasteiger partial charge in [0.1, 0.15) is 35.9 Å². The fourth-order valence-corrected chi connectivity index (χ4v) is 6.27. The standard InChI is InChI=1S/C33H30F3N5O6/c1-43-22-15-13-21(14-16-22)32(19-9-5-3-6-10-19,20-11-7-4-8-12-20)40-28-23-29(38-17-37-28)41(18-39-23)30-26-24(46-31(44-2)47-26)25(45-30)27(42)33(34,35)36/h3-18,24-27,30-31,42H,1-2H3,(H,37,38,40)/t24-,25+,26-,27+,30-,31?/m1/s1. The lowest BCUT2D eigenvalue weighted by atomic mass is 9.77. The number of aliphatic hydroxyl groups excluding tert-OH is 1. The van der Waals surface area contributed by atoms with Crippen LogP contribution in [0.15, 0.2) is 97.6 Å². The third kappa shape index (κ3) is 5.37. The van der Waals surface area contributed by atoms with E-state index >= 15 is 0 Å². The quantitative estimate of drug-likeness (QED) is 0.216. The van der Waals surface area contributed by atoms with Gasteiger partial charge in [-0.15, -0.1) is 0 Å². The maximum Gasteiger partial charge on any atom is 0.417 e. The van der Waals surface area contributed by atoms with Crippen molar-refractivity contribution in [3.8, 4) is 5.75 Å². The number of imidazole rings is 1. The number of alkyl halides is 3. The molecule has 7 rings (SSSR count). The Hall–Kier alpha value is -4.60. The van der Waals surface area contributed by atoms with Crippen LogP contribution in [0.1, 0.15) is 22.9 Å². The number of benzene rings is 3. The van der Waals surface area contributed by atoms with E-state index in [0.29, 0.717) is 17.1 Å². The molecule has 0 spiro atoms. The Morgan fingerprint density at radius 3 is 2.02 bits per heavy atom. The van der Waals surface area contributed by atoms with Crippen molar-refractivity contribution in [1.29, 1.82) is 0 Å². The first-order chi connectivity index (χ1) is 22.7. The largest absolute Gasteiger partial charge is 0.497 e. The molecule has 0 aliphatic carbocycles. The summed E-state index contributed by atoms with van der Waals surface area (Å²) in [6.07, 6.45) is -10.4. The van der Waals surface area contributed by atoms with Crippen LogP contribution in [0.4, 0.5) is 19.0 Å². The molecule has 2 aromatic heterocycles. The van der Waals surface area contributed by atoms with Gasteiger partial charge >= 0.3 is 6.18 Å². The minimum atomic E-state index is -4.96. The monoisotopic (exact) mass is 649 g/mol. The number of halogens is 3. The number of hydrogen-bond donors (Lipinski definition) is 2. The highest BCUT2D eigenvalue weighted by Gasteiger charge is 2.60. The molecule has 0 bridgehead atoms. The van der Waals surface area contributed by atoms with Crippen molar-refractivity contribution >= 4 is 17.0 Å². The van der Waals surface area contributed by atoms with E-state index in [9.17, 15) is 18.3 Å². The first-order valence-corrected chi connectivity index (χ1v) is 14.7. The lowest BCUT2D eigenvalue weighted by molar-refractivity contribution is -0.282. The summed E-state index contributed by atoms with van der Waals surface area (Å²) in [6.45, 7) is -1.25. The van der Waals surface area contributed by atoms with Crippen molar-refractivity contribution in [1.82, 2.24) is 19.5 Å². The van der Waals surface area contributed by atoms with Gasteiger partial charge in [-0.05, 0) is 28.8 Å². The third-order valence-electron chi connectivity index (χ3n) is 8.48. The summed E-state index contributed by atoms with van der Waals surface area (Å²) in [4.78, 5) is 13.6. The highest BCUT2D eigenvalue weighted by molar-refractivity contribution is 5.84. The maximum absolute atomic E-state index is 13.6. The molecule has 4 heterocycles. The fraction of sp³-hybridized carbons (Fsp3) is 0.303. The Balaban J connectivity index is 1.34. The molecule has 2 N–H and O–H groups in total. The second-order valence-corrected chi connectivity index (χ2v) is 11.1. The molecular formula is C33H30F3N5O6. The molecule has 5 aromatic rings. The van der Waals surface area contributed by atoms with Crippen LogP contribution in [-0.2, 0) is 24.5 Å². The summed E-state index contributed by atoms with van der Waals surface area (Å²) in [5, 5.41) is 13.8. The summed E-state index contributed by atoms with van der Waals surface area (Å²) in [5.74, 6) is 1.03. The zero-order valence-corrected chi connectivity index (χ0v) is 25.1. The number of ether oxygens (including phenoxy) is 5. The Morgan fingerprint density at radius 1 is 0.809 bits per heavy atom. The van der Waals surface area contributed by atoms with Gasteiger partial charge in [-0.2, -0.15) is 13.2 Å². The van der Waals surface area contributed by atoms with E-state index in [4.69, 9.17) is 23.7 Å². The molecule has 244 valence electrons. The molecule has 11 nitrogen and oxygen atoms in total. The predicted octanol–water partition coefficient (Wildman–Crippen LogP) is 4.77. The number of rotatable bonds is 9. The van der Waals surface area contributed by atoms with Gasteiger partial charge in [0.05, 0.1) is 13.4 Å². The molecule has 6 atom stereocenters. The van der Waals surface area contributed by atoms with E-state index in [0.717, 1.165) is 16.7 Å². The number of fused-ring (bicyclic) bond motifs is 2. The van der Waals surface area contributed by atoms with Gasteiger partial charge in [0.25, 0.3) is 6.48 Å². The number of aliphatic hydroxyl groups is 1. The zero-order valence-electron chi connectivity index (χ0n) is 25.1. The molecule has 2 fully saturated rings. The van der Waals surface area contributed by atoms with E-state index in [1.165, 1.54) is 24.3 Å². The number of anilines is 1. The first-order valence-electron chi connectivity index (χ1n) is 14.7. The van der Waals surface area contributed by atoms with Gasteiger partial charge in [0, 0.05) is 7.11 Å². The van der Waals surface area contributed by atoms with E-state index in [-0.39, 0.29) is 5.65 Å². The number of methoxy groups -OCH3 is 2. The Labute approximate surface area is 266 Å². The van der Waals surface area contributed by atoms with Crippen LogP contribution in [0.3, 0.4) is 0 Å². The lowest BCUT2D eigenvalue weighted by Gasteiger charge is -2.37. The molecular weight excluding hydrogens is 619 g/mol. The minimum absolute atomic E-state index is 0.252. The fourth-order valence-electron chi connectivity index (χ4n) is 6.27. The minimum Gasteiger partial charge on any atom is -0.497 e. The third-order valence-corrected chi connectivity index (χ3v) is 8.48. The Morgan fingerprint density at radius 2 is 1.43 bits per heavy atom. The molecule has 0 amide bonds. The van der Waals surface area contributed by atoms with Crippen LogP contribution < -0.4 is 10.1 Å². The zero-order chi connectivity index (χ0) is 32.8. The lowest BCUT2D eigenvalue weighted by Crippen LogP contribution is -2.46. The second kappa shape index (κ2) is 12.2. The highest BCUT2D eigenvalue weighted by atomic mass is 19.4. The SMILES string of the molecule is COc1ccc(C(Nc2ncnc3c2ncn3[C@@H]2O[C@H]([C@H](O)C(F)(F)F)[C@H]3OC(OC)O[C@H]32)(c2ccccc2)c2ccccc2)cc1. The van der Waals surface area contributed by atoms with E-state index < -0.39 is 48.8 Å².